The largest absolute Gasteiger partial charge is 0.291 e. The fraction of sp³-hybridized carbons (Fsp3) is 0.714. The van der Waals surface area contributed by atoms with Crippen molar-refractivity contribution in [3.8, 4) is 0 Å². The van der Waals surface area contributed by atoms with Crippen LogP contribution in [-0.2, 0) is 9.59 Å². The summed E-state index contributed by atoms with van der Waals surface area (Å²) < 4.78 is 0. The number of carbonyl (C=O) groups is 2. The van der Waals surface area contributed by atoms with E-state index in [2.05, 4.69) is 0 Å². The maximum atomic E-state index is 10.8. The van der Waals surface area contributed by atoms with E-state index in [9.17, 15) is 9.59 Å². The van der Waals surface area contributed by atoms with Gasteiger partial charge < -0.3 is 0 Å². The van der Waals surface area contributed by atoms with E-state index in [4.69, 9.17) is 0 Å². The number of Topliss-reactive ketones (excluding diaryl/α,β-unsaturated/α-hetero) is 2. The molecular formula is C7H10O2. The second-order valence-corrected chi connectivity index (χ2v) is 2.76. The van der Waals surface area contributed by atoms with Crippen LogP contribution in [0, 0.1) is 11.8 Å². The van der Waals surface area contributed by atoms with E-state index in [1.807, 2.05) is 13.8 Å². The van der Waals surface area contributed by atoms with Crippen LogP contribution >= 0.6 is 0 Å². The zero-order valence-electron chi connectivity index (χ0n) is 5.68. The van der Waals surface area contributed by atoms with Crippen molar-refractivity contribution in [3.05, 3.63) is 0 Å². The van der Waals surface area contributed by atoms with E-state index in [1.165, 1.54) is 0 Å². The van der Waals surface area contributed by atoms with Crippen LogP contribution in [-0.4, -0.2) is 11.6 Å². The topological polar surface area (TPSA) is 34.1 Å². The van der Waals surface area contributed by atoms with E-state index in [1.54, 1.807) is 0 Å². The van der Waals surface area contributed by atoms with Gasteiger partial charge in [-0.3, -0.25) is 9.59 Å². The first kappa shape index (κ1) is 6.46. The lowest BCUT2D eigenvalue weighted by Crippen LogP contribution is -2.11. The summed E-state index contributed by atoms with van der Waals surface area (Å²) in [5, 5.41) is 0. The number of hydrogen-bond acceptors (Lipinski definition) is 2. The van der Waals surface area contributed by atoms with Crippen LogP contribution in [0.5, 0.6) is 0 Å². The Bertz CT molecular complexity index is 160. The molecule has 0 N–H and O–H groups in total. The molecule has 0 amide bonds. The lowest BCUT2D eigenvalue weighted by molar-refractivity contribution is -0.135. The molecule has 0 aliphatic heterocycles. The van der Waals surface area contributed by atoms with Crippen molar-refractivity contribution in [2.24, 2.45) is 11.8 Å². The number of rotatable bonds is 0. The first-order chi connectivity index (χ1) is 4.13. The van der Waals surface area contributed by atoms with Gasteiger partial charge in [0.05, 0.1) is 0 Å². The van der Waals surface area contributed by atoms with Gasteiger partial charge >= 0.3 is 0 Å². The molecule has 0 heterocycles. The molecule has 0 spiro atoms. The Labute approximate surface area is 54.2 Å². The average Bonchev–Trinajstić information content (AvgIpc) is 1.98. The van der Waals surface area contributed by atoms with Gasteiger partial charge in [-0.05, 0) is 5.92 Å². The summed E-state index contributed by atoms with van der Waals surface area (Å²) in [6.07, 6.45) is 0.458. The molecule has 0 aromatic carbocycles. The van der Waals surface area contributed by atoms with Crippen LogP contribution in [0.15, 0.2) is 0 Å². The standard InChI is InChI=1S/C7H10O2/c1-4-3-6(8)7(9)5(4)2/h4-5H,3H2,1-2H3/t4-,5+/m1/s1. The number of ketones is 2. The fourth-order valence-corrected chi connectivity index (χ4v) is 1.08. The van der Waals surface area contributed by atoms with Gasteiger partial charge in [0, 0.05) is 12.3 Å². The highest BCUT2D eigenvalue weighted by Gasteiger charge is 2.34. The monoisotopic (exact) mass is 126 g/mol. The maximum Gasteiger partial charge on any atom is 0.201 e. The Hall–Kier alpha value is -0.660. The van der Waals surface area contributed by atoms with Crippen molar-refractivity contribution in [2.75, 3.05) is 0 Å². The molecule has 1 fully saturated rings. The average molecular weight is 126 g/mol. The van der Waals surface area contributed by atoms with Gasteiger partial charge in [-0.25, -0.2) is 0 Å². The highest BCUT2D eigenvalue weighted by Crippen LogP contribution is 2.24. The molecule has 1 aliphatic carbocycles. The highest BCUT2D eigenvalue weighted by atomic mass is 16.2. The fourth-order valence-electron chi connectivity index (χ4n) is 1.08. The molecule has 9 heavy (non-hydrogen) atoms. The molecule has 0 unspecified atom stereocenters. The van der Waals surface area contributed by atoms with E-state index in [0.717, 1.165) is 0 Å². The minimum atomic E-state index is -0.185. The smallest absolute Gasteiger partial charge is 0.201 e. The quantitative estimate of drug-likeness (QED) is 0.450. The molecule has 1 aliphatic rings. The van der Waals surface area contributed by atoms with Gasteiger partial charge in [-0.2, -0.15) is 0 Å². The van der Waals surface area contributed by atoms with Gasteiger partial charge in [0.25, 0.3) is 0 Å². The molecule has 2 heteroatoms. The highest BCUT2D eigenvalue weighted by molar-refractivity contribution is 6.39. The second kappa shape index (κ2) is 1.94. The molecule has 0 radical (unpaired) electrons. The van der Waals surface area contributed by atoms with Crippen molar-refractivity contribution in [2.45, 2.75) is 20.3 Å². The third kappa shape index (κ3) is 0.889. The molecular weight excluding hydrogens is 116 g/mol. The second-order valence-electron chi connectivity index (χ2n) is 2.76. The van der Waals surface area contributed by atoms with Gasteiger partial charge in [-0.1, -0.05) is 13.8 Å². The number of hydrogen-bond donors (Lipinski definition) is 0. The lowest BCUT2D eigenvalue weighted by Gasteiger charge is -2.02. The van der Waals surface area contributed by atoms with Crippen LogP contribution in [0.2, 0.25) is 0 Å². The first-order valence-electron chi connectivity index (χ1n) is 3.20. The van der Waals surface area contributed by atoms with Crippen LogP contribution in [0.25, 0.3) is 0 Å². The lowest BCUT2D eigenvalue weighted by atomic mass is 10.0. The molecule has 2 nitrogen and oxygen atoms in total. The zero-order valence-corrected chi connectivity index (χ0v) is 5.68. The van der Waals surface area contributed by atoms with Crippen LogP contribution in [0.4, 0.5) is 0 Å². The van der Waals surface area contributed by atoms with Gasteiger partial charge in [-0.15, -0.1) is 0 Å². The molecule has 0 aromatic heterocycles. The normalized spacial score (nSPS) is 35.8. The Morgan fingerprint density at radius 1 is 1.33 bits per heavy atom. The maximum absolute atomic E-state index is 10.8. The number of carbonyl (C=O) groups excluding carboxylic acids is 2. The predicted molar refractivity (Wildman–Crippen MR) is 33.0 cm³/mol. The molecule has 0 bridgehead atoms. The minimum absolute atomic E-state index is 0.0301. The Morgan fingerprint density at radius 2 is 1.89 bits per heavy atom. The van der Waals surface area contributed by atoms with Crippen molar-refractivity contribution < 1.29 is 9.59 Å². The summed E-state index contributed by atoms with van der Waals surface area (Å²) in [6, 6.07) is 0. The summed E-state index contributed by atoms with van der Waals surface area (Å²) in [5.74, 6) is -0.125. The van der Waals surface area contributed by atoms with Crippen molar-refractivity contribution in [3.63, 3.8) is 0 Å². The van der Waals surface area contributed by atoms with E-state index < -0.39 is 0 Å². The third-order valence-corrected chi connectivity index (χ3v) is 2.05. The molecule has 50 valence electrons. The molecule has 0 saturated heterocycles. The Kier molecular flexibility index (Phi) is 1.39. The van der Waals surface area contributed by atoms with E-state index in [-0.39, 0.29) is 23.4 Å². The minimum Gasteiger partial charge on any atom is -0.291 e. The SMILES string of the molecule is C[C@@H]1CC(=O)C(=O)[C@H]1C. The molecule has 0 aromatic rings. The van der Waals surface area contributed by atoms with Crippen molar-refractivity contribution >= 4 is 11.6 Å². The van der Waals surface area contributed by atoms with E-state index in [0.29, 0.717) is 6.42 Å². The Morgan fingerprint density at radius 3 is 2.00 bits per heavy atom. The van der Waals surface area contributed by atoms with Crippen LogP contribution in [0.3, 0.4) is 0 Å². The summed E-state index contributed by atoms with van der Waals surface area (Å²) in [7, 11) is 0. The summed E-state index contributed by atoms with van der Waals surface area (Å²) >= 11 is 0. The van der Waals surface area contributed by atoms with Crippen LogP contribution < -0.4 is 0 Å². The van der Waals surface area contributed by atoms with Gasteiger partial charge in [0.15, 0.2) is 5.78 Å². The third-order valence-electron chi connectivity index (χ3n) is 2.05. The summed E-state index contributed by atoms with van der Waals surface area (Å²) in [6.45, 7) is 3.76. The molecule has 1 saturated carbocycles. The molecule has 1 rings (SSSR count). The van der Waals surface area contributed by atoms with Crippen molar-refractivity contribution in [1.29, 1.82) is 0 Å². The molecule has 2 atom stereocenters. The zero-order chi connectivity index (χ0) is 7.02. The van der Waals surface area contributed by atoms with E-state index >= 15 is 0 Å². The summed E-state index contributed by atoms with van der Waals surface area (Å²) in [5.41, 5.74) is 0. The predicted octanol–water partition coefficient (Wildman–Crippen LogP) is 0.800. The Balaban J connectivity index is 2.77. The van der Waals surface area contributed by atoms with Gasteiger partial charge in [0.1, 0.15) is 0 Å². The van der Waals surface area contributed by atoms with Crippen LogP contribution in [0.1, 0.15) is 20.3 Å². The van der Waals surface area contributed by atoms with Crippen molar-refractivity contribution in [1.82, 2.24) is 0 Å². The van der Waals surface area contributed by atoms with Gasteiger partial charge in [0.2, 0.25) is 5.78 Å². The summed E-state index contributed by atoms with van der Waals surface area (Å²) in [4.78, 5) is 21.4. The first-order valence-corrected chi connectivity index (χ1v) is 3.20.